The zero-order chi connectivity index (χ0) is 18.0. The highest BCUT2D eigenvalue weighted by Gasteiger charge is 2.17. The first kappa shape index (κ1) is 17.2. The highest BCUT2D eigenvalue weighted by Crippen LogP contribution is 2.31. The molecule has 0 bridgehead atoms. The first-order valence-corrected chi connectivity index (χ1v) is 8.60. The quantitative estimate of drug-likeness (QED) is 0.494. The van der Waals surface area contributed by atoms with Gasteiger partial charge >= 0.3 is 0 Å². The molecule has 3 rings (SSSR count). The fraction of sp³-hybridized carbons (Fsp3) is 0.294. The number of aryl methyl sites for hydroxylation is 1. The average molecular weight is 358 g/mol. The number of nitro benzene ring substituents is 1. The highest BCUT2D eigenvalue weighted by molar-refractivity contribution is 7.16. The van der Waals surface area contributed by atoms with E-state index in [1.165, 1.54) is 17.4 Å². The highest BCUT2D eigenvalue weighted by atomic mass is 32.1. The molecular weight excluding hydrogens is 340 g/mol. The Labute approximate surface area is 149 Å². The van der Waals surface area contributed by atoms with E-state index in [-0.39, 0.29) is 10.6 Å². The second kappa shape index (κ2) is 7.12. The Morgan fingerprint density at radius 3 is 2.84 bits per heavy atom. The van der Waals surface area contributed by atoms with Crippen LogP contribution in [0.25, 0.3) is 21.6 Å². The van der Waals surface area contributed by atoms with Crippen LogP contribution in [0.5, 0.6) is 0 Å². The van der Waals surface area contributed by atoms with E-state index in [4.69, 9.17) is 4.74 Å². The number of nitrogens with zero attached hydrogens (tertiary/aromatic N) is 4. The fourth-order valence-corrected chi connectivity index (χ4v) is 3.30. The Morgan fingerprint density at radius 2 is 2.12 bits per heavy atom. The van der Waals surface area contributed by atoms with Crippen LogP contribution in [0.15, 0.2) is 29.6 Å². The predicted molar refractivity (Wildman–Crippen MR) is 99.4 cm³/mol. The van der Waals surface area contributed by atoms with E-state index in [9.17, 15) is 10.1 Å². The Kier molecular flexibility index (Phi) is 4.91. The normalized spacial score (nSPS) is 11.0. The first-order valence-electron chi connectivity index (χ1n) is 7.72. The molecule has 0 amide bonds. The van der Waals surface area contributed by atoms with Gasteiger partial charge in [0.25, 0.3) is 5.69 Å². The standard InChI is InChI=1S/C17H18N4O3S/c1-11-4-5-12(10-14(11)21(22)23)15-18-16(20(2)7-8-24-3)13-6-9-25-17(13)19-15/h4-6,9-10H,7-8H2,1-3H3. The molecule has 1 aromatic carbocycles. The molecule has 3 aromatic rings. The van der Waals surface area contributed by atoms with Crippen LogP contribution >= 0.6 is 11.3 Å². The zero-order valence-electron chi connectivity index (χ0n) is 14.2. The molecule has 130 valence electrons. The molecule has 2 aromatic heterocycles. The summed E-state index contributed by atoms with van der Waals surface area (Å²) < 4.78 is 5.14. The number of hydrogen-bond donors (Lipinski definition) is 0. The van der Waals surface area contributed by atoms with Crippen LogP contribution in [-0.4, -0.2) is 42.2 Å². The summed E-state index contributed by atoms with van der Waals surface area (Å²) in [6, 6.07) is 7.06. The molecule has 0 spiro atoms. The van der Waals surface area contributed by atoms with Gasteiger partial charge in [0.05, 0.1) is 16.9 Å². The van der Waals surface area contributed by atoms with Gasteiger partial charge in [0, 0.05) is 37.9 Å². The maximum atomic E-state index is 11.2. The van der Waals surface area contributed by atoms with Gasteiger partial charge in [-0.05, 0) is 18.4 Å². The number of rotatable bonds is 6. The number of hydrogen-bond acceptors (Lipinski definition) is 7. The van der Waals surface area contributed by atoms with Crippen molar-refractivity contribution in [3.05, 3.63) is 45.3 Å². The van der Waals surface area contributed by atoms with Gasteiger partial charge < -0.3 is 9.64 Å². The number of benzene rings is 1. The van der Waals surface area contributed by atoms with Crippen LogP contribution in [0.4, 0.5) is 11.5 Å². The zero-order valence-corrected chi connectivity index (χ0v) is 15.0. The summed E-state index contributed by atoms with van der Waals surface area (Å²) in [6.45, 7) is 2.98. The van der Waals surface area contributed by atoms with E-state index in [0.29, 0.717) is 30.1 Å². The molecule has 0 saturated carbocycles. The van der Waals surface area contributed by atoms with Crippen molar-refractivity contribution in [2.45, 2.75) is 6.92 Å². The molecule has 0 aliphatic rings. The van der Waals surface area contributed by atoms with Gasteiger partial charge in [-0.3, -0.25) is 10.1 Å². The van der Waals surface area contributed by atoms with Crippen LogP contribution in [0, 0.1) is 17.0 Å². The smallest absolute Gasteiger partial charge is 0.273 e. The van der Waals surface area contributed by atoms with Gasteiger partial charge in [-0.1, -0.05) is 12.1 Å². The molecule has 0 N–H and O–H groups in total. The molecule has 0 unspecified atom stereocenters. The third-order valence-electron chi connectivity index (χ3n) is 3.96. The van der Waals surface area contributed by atoms with Crippen molar-refractivity contribution in [3.63, 3.8) is 0 Å². The van der Waals surface area contributed by atoms with Crippen molar-refractivity contribution in [2.24, 2.45) is 0 Å². The van der Waals surface area contributed by atoms with Gasteiger partial charge in [0.2, 0.25) is 0 Å². The monoisotopic (exact) mass is 358 g/mol. The van der Waals surface area contributed by atoms with Crippen molar-refractivity contribution in [1.82, 2.24) is 9.97 Å². The third kappa shape index (κ3) is 3.45. The lowest BCUT2D eigenvalue weighted by Crippen LogP contribution is -2.23. The number of thiophene rings is 1. The lowest BCUT2D eigenvalue weighted by atomic mass is 10.1. The molecular formula is C17H18N4O3S. The molecule has 8 heteroatoms. The van der Waals surface area contributed by atoms with Gasteiger partial charge in [-0.2, -0.15) is 0 Å². The van der Waals surface area contributed by atoms with Gasteiger partial charge in [0.15, 0.2) is 5.82 Å². The Bertz CT molecular complexity index is 925. The average Bonchev–Trinajstić information content (AvgIpc) is 3.07. The van der Waals surface area contributed by atoms with Crippen molar-refractivity contribution in [3.8, 4) is 11.4 Å². The molecule has 0 atom stereocenters. The summed E-state index contributed by atoms with van der Waals surface area (Å²) in [5.74, 6) is 1.28. The number of likely N-dealkylation sites (N-methyl/N-ethyl adjacent to an activating group) is 1. The van der Waals surface area contributed by atoms with E-state index in [2.05, 4.69) is 9.97 Å². The van der Waals surface area contributed by atoms with Gasteiger partial charge in [-0.25, -0.2) is 9.97 Å². The lowest BCUT2D eigenvalue weighted by Gasteiger charge is -2.19. The van der Waals surface area contributed by atoms with Gasteiger partial charge in [-0.15, -0.1) is 11.3 Å². The third-order valence-corrected chi connectivity index (χ3v) is 4.77. The summed E-state index contributed by atoms with van der Waals surface area (Å²) >= 11 is 1.52. The minimum absolute atomic E-state index is 0.0710. The number of fused-ring (bicyclic) bond motifs is 1. The molecule has 0 aliphatic carbocycles. The predicted octanol–water partition coefficient (Wildman–Crippen LogP) is 3.66. The van der Waals surface area contributed by atoms with Crippen LogP contribution in [0.3, 0.4) is 0 Å². The SMILES string of the molecule is COCCN(C)c1nc(-c2ccc(C)c([N+](=O)[O-])c2)nc2sccc12. The van der Waals surface area contributed by atoms with E-state index in [0.717, 1.165) is 16.0 Å². The van der Waals surface area contributed by atoms with E-state index >= 15 is 0 Å². The molecule has 25 heavy (non-hydrogen) atoms. The number of nitro groups is 1. The van der Waals surface area contributed by atoms with E-state index in [1.807, 2.05) is 29.5 Å². The summed E-state index contributed by atoms with van der Waals surface area (Å²) in [7, 11) is 3.60. The second-order valence-electron chi connectivity index (χ2n) is 5.68. The Balaban J connectivity index is 2.11. The first-order chi connectivity index (χ1) is 12.0. The van der Waals surface area contributed by atoms with E-state index < -0.39 is 0 Å². The van der Waals surface area contributed by atoms with Crippen LogP contribution < -0.4 is 4.90 Å². The summed E-state index contributed by atoms with van der Waals surface area (Å²) in [5.41, 5.74) is 1.32. The Morgan fingerprint density at radius 1 is 1.32 bits per heavy atom. The molecule has 0 fully saturated rings. The molecule has 0 aliphatic heterocycles. The maximum absolute atomic E-state index is 11.2. The fourth-order valence-electron chi connectivity index (χ4n) is 2.54. The second-order valence-corrected chi connectivity index (χ2v) is 6.58. The molecule has 0 radical (unpaired) electrons. The van der Waals surface area contributed by atoms with Crippen LogP contribution in [0.2, 0.25) is 0 Å². The van der Waals surface area contributed by atoms with Crippen molar-refractivity contribution in [2.75, 3.05) is 32.2 Å². The Hall–Kier alpha value is -2.58. The summed E-state index contributed by atoms with van der Waals surface area (Å²) in [6.07, 6.45) is 0. The number of aromatic nitrogens is 2. The minimum Gasteiger partial charge on any atom is -0.383 e. The number of ether oxygens (including phenoxy) is 1. The lowest BCUT2D eigenvalue weighted by molar-refractivity contribution is -0.385. The largest absolute Gasteiger partial charge is 0.383 e. The topological polar surface area (TPSA) is 81.4 Å². The van der Waals surface area contributed by atoms with Crippen molar-refractivity contribution in [1.29, 1.82) is 0 Å². The molecule has 2 heterocycles. The van der Waals surface area contributed by atoms with Crippen LogP contribution in [0.1, 0.15) is 5.56 Å². The van der Waals surface area contributed by atoms with Crippen molar-refractivity contribution >= 4 is 33.1 Å². The van der Waals surface area contributed by atoms with E-state index in [1.54, 1.807) is 20.1 Å². The number of anilines is 1. The minimum atomic E-state index is -0.381. The summed E-state index contributed by atoms with van der Waals surface area (Å²) in [5, 5.41) is 14.1. The van der Waals surface area contributed by atoms with Crippen LogP contribution in [-0.2, 0) is 4.74 Å². The summed E-state index contributed by atoms with van der Waals surface area (Å²) in [4.78, 5) is 22.9. The molecule has 7 nitrogen and oxygen atoms in total. The van der Waals surface area contributed by atoms with Gasteiger partial charge in [0.1, 0.15) is 10.6 Å². The maximum Gasteiger partial charge on any atom is 0.273 e. The van der Waals surface area contributed by atoms with Crippen molar-refractivity contribution < 1.29 is 9.66 Å². The number of methoxy groups -OCH3 is 1. The molecule has 0 saturated heterocycles.